The molecule has 0 saturated heterocycles. The van der Waals surface area contributed by atoms with Crippen LogP contribution in [0.3, 0.4) is 0 Å². The van der Waals surface area contributed by atoms with Gasteiger partial charge in [-0.2, -0.15) is 0 Å². The summed E-state index contributed by atoms with van der Waals surface area (Å²) >= 11 is 0. The molecule has 25 heavy (non-hydrogen) atoms. The minimum atomic E-state index is -4.35. The summed E-state index contributed by atoms with van der Waals surface area (Å²) in [6.45, 7) is 1.88. The molecule has 1 unspecified atom stereocenters. The van der Waals surface area contributed by atoms with Crippen LogP contribution >= 0.6 is 7.37 Å². The van der Waals surface area contributed by atoms with E-state index in [1.165, 1.54) is 12.1 Å². The minimum Gasteiger partial charge on any atom is -0.507 e. The molecular weight excluding hydrogens is 335 g/mol. The fourth-order valence-corrected chi connectivity index (χ4v) is 4.18. The molecule has 0 radical (unpaired) electrons. The van der Waals surface area contributed by atoms with E-state index in [1.807, 2.05) is 6.92 Å². The van der Waals surface area contributed by atoms with Crippen molar-refractivity contribution in [3.8, 4) is 16.9 Å². The third-order valence-electron chi connectivity index (χ3n) is 4.00. The zero-order chi connectivity index (χ0) is 18.0. The Hall–Kier alpha value is -2.68. The van der Waals surface area contributed by atoms with Crippen molar-refractivity contribution in [2.45, 2.75) is 6.92 Å². The van der Waals surface area contributed by atoms with Crippen LogP contribution in [0.4, 0.5) is 0 Å². The molecule has 0 amide bonds. The summed E-state index contributed by atoms with van der Waals surface area (Å²) in [6, 6.07) is 19.4. The van der Waals surface area contributed by atoms with Gasteiger partial charge in [-0.15, -0.1) is 0 Å². The van der Waals surface area contributed by atoms with Crippen molar-refractivity contribution >= 4 is 18.2 Å². The van der Waals surface area contributed by atoms with Crippen molar-refractivity contribution < 1.29 is 19.4 Å². The van der Waals surface area contributed by atoms with Crippen LogP contribution < -0.4 is 5.30 Å². The molecule has 0 spiro atoms. The number of phenols is 1. The van der Waals surface area contributed by atoms with Gasteiger partial charge in [-0.05, 0) is 24.6 Å². The molecule has 0 aliphatic heterocycles. The van der Waals surface area contributed by atoms with Crippen LogP contribution in [-0.2, 0) is 4.57 Å². The number of benzene rings is 3. The highest BCUT2D eigenvalue weighted by atomic mass is 31.2. The first-order valence-electron chi connectivity index (χ1n) is 7.73. The fraction of sp³-hybridized carbons (Fsp3) is 0.0500. The van der Waals surface area contributed by atoms with Crippen LogP contribution in [0, 0.1) is 6.92 Å². The second-order valence-electron chi connectivity index (χ2n) is 5.78. The first kappa shape index (κ1) is 17.2. The van der Waals surface area contributed by atoms with Gasteiger partial charge < -0.3 is 10.00 Å². The lowest BCUT2D eigenvalue weighted by atomic mass is 10.0. The maximum Gasteiger partial charge on any atom is 0.298 e. The van der Waals surface area contributed by atoms with Gasteiger partial charge in [0, 0.05) is 11.1 Å². The van der Waals surface area contributed by atoms with Crippen molar-refractivity contribution in [3.63, 3.8) is 0 Å². The molecule has 0 fully saturated rings. The van der Waals surface area contributed by atoms with E-state index in [1.54, 1.807) is 60.7 Å². The third-order valence-corrected chi connectivity index (χ3v) is 5.85. The zero-order valence-corrected chi connectivity index (χ0v) is 14.5. The smallest absolute Gasteiger partial charge is 0.298 e. The number of phenolic OH excluding ortho intramolecular Hbond substituents is 1. The maximum atomic E-state index is 13.0. The summed E-state index contributed by atoms with van der Waals surface area (Å²) in [5.41, 5.74) is 1.09. The molecule has 0 aromatic heterocycles. The molecule has 0 saturated carbocycles. The van der Waals surface area contributed by atoms with Gasteiger partial charge in [0.2, 0.25) is 0 Å². The van der Waals surface area contributed by atoms with Gasteiger partial charge in [0.15, 0.2) is 0 Å². The van der Waals surface area contributed by atoms with Crippen LogP contribution in [-0.4, -0.2) is 15.5 Å². The summed E-state index contributed by atoms with van der Waals surface area (Å²) in [6.07, 6.45) is 0. The van der Waals surface area contributed by atoms with E-state index in [2.05, 4.69) is 0 Å². The molecule has 0 aliphatic carbocycles. The SMILES string of the molecule is Cc1ccc(C(=O)P(=O)(O)c2ccccc2-c2ccccc2O)cc1. The molecule has 3 aromatic carbocycles. The number of carbonyl (C=O) groups is 1. The van der Waals surface area contributed by atoms with Gasteiger partial charge in [0.1, 0.15) is 5.75 Å². The van der Waals surface area contributed by atoms with E-state index in [4.69, 9.17) is 0 Å². The molecule has 2 N–H and O–H groups in total. The highest BCUT2D eigenvalue weighted by molar-refractivity contribution is 7.83. The van der Waals surface area contributed by atoms with Gasteiger partial charge in [0.05, 0.1) is 5.30 Å². The van der Waals surface area contributed by atoms with Crippen LogP contribution in [0.5, 0.6) is 5.75 Å². The van der Waals surface area contributed by atoms with Crippen LogP contribution in [0.15, 0.2) is 72.8 Å². The molecule has 4 nitrogen and oxygen atoms in total. The molecule has 1 atom stereocenters. The quantitative estimate of drug-likeness (QED) is 0.693. The Morgan fingerprint density at radius 2 is 1.40 bits per heavy atom. The summed E-state index contributed by atoms with van der Waals surface area (Å²) < 4.78 is 13.0. The van der Waals surface area contributed by atoms with Gasteiger partial charge in [-0.1, -0.05) is 66.2 Å². The standard InChI is InChI=1S/C20H17O4P/c1-14-10-12-15(13-11-14)20(22)25(23,24)19-9-5-3-7-17(19)16-6-2-4-8-18(16)21/h2-13,21H,1H3,(H,23,24). The molecule has 5 heteroatoms. The highest BCUT2D eigenvalue weighted by Gasteiger charge is 2.34. The Morgan fingerprint density at radius 3 is 2.04 bits per heavy atom. The van der Waals surface area contributed by atoms with Gasteiger partial charge in [0.25, 0.3) is 12.9 Å². The van der Waals surface area contributed by atoms with E-state index in [-0.39, 0.29) is 16.6 Å². The summed E-state index contributed by atoms with van der Waals surface area (Å²) in [7, 11) is -4.35. The van der Waals surface area contributed by atoms with E-state index in [0.717, 1.165) is 5.56 Å². The third kappa shape index (κ3) is 3.27. The van der Waals surface area contributed by atoms with E-state index in [0.29, 0.717) is 11.1 Å². The Bertz CT molecular complexity index is 977. The minimum absolute atomic E-state index is 0.0158. The van der Waals surface area contributed by atoms with Crippen LogP contribution in [0.2, 0.25) is 0 Å². The Morgan fingerprint density at radius 1 is 0.840 bits per heavy atom. The predicted octanol–water partition coefficient (Wildman–Crippen LogP) is 4.10. The second-order valence-corrected chi connectivity index (χ2v) is 7.82. The summed E-state index contributed by atoms with van der Waals surface area (Å²) in [4.78, 5) is 23.3. The molecule has 126 valence electrons. The number of hydrogen-bond acceptors (Lipinski definition) is 3. The van der Waals surface area contributed by atoms with E-state index < -0.39 is 12.9 Å². The van der Waals surface area contributed by atoms with Crippen molar-refractivity contribution in [1.29, 1.82) is 0 Å². The maximum absolute atomic E-state index is 13.0. The molecule has 0 bridgehead atoms. The number of aryl methyl sites for hydroxylation is 1. The van der Waals surface area contributed by atoms with Gasteiger partial charge in [-0.25, -0.2) is 0 Å². The Balaban J connectivity index is 2.13. The lowest BCUT2D eigenvalue weighted by Crippen LogP contribution is -2.15. The van der Waals surface area contributed by atoms with Crippen LogP contribution in [0.25, 0.3) is 11.1 Å². The zero-order valence-electron chi connectivity index (χ0n) is 13.6. The van der Waals surface area contributed by atoms with E-state index in [9.17, 15) is 19.4 Å². The molecular formula is C20H17O4P. The van der Waals surface area contributed by atoms with Gasteiger partial charge >= 0.3 is 0 Å². The molecule has 0 heterocycles. The molecule has 3 aromatic rings. The largest absolute Gasteiger partial charge is 0.507 e. The van der Waals surface area contributed by atoms with Crippen molar-refractivity contribution in [2.24, 2.45) is 0 Å². The number of aromatic hydroxyl groups is 1. The lowest BCUT2D eigenvalue weighted by molar-refractivity contribution is 0.106. The first-order chi connectivity index (χ1) is 11.9. The normalized spacial score (nSPS) is 13.2. The highest BCUT2D eigenvalue weighted by Crippen LogP contribution is 2.46. The number of para-hydroxylation sites is 1. The predicted molar refractivity (Wildman–Crippen MR) is 98.5 cm³/mol. The number of rotatable bonds is 4. The topological polar surface area (TPSA) is 74.6 Å². The van der Waals surface area contributed by atoms with Crippen LogP contribution in [0.1, 0.15) is 15.9 Å². The Kier molecular flexibility index (Phi) is 4.58. The molecule has 3 rings (SSSR count). The fourth-order valence-electron chi connectivity index (χ4n) is 2.65. The average molecular weight is 352 g/mol. The number of carbonyl (C=O) groups excluding carboxylic acids is 1. The van der Waals surface area contributed by atoms with E-state index >= 15 is 0 Å². The second kappa shape index (κ2) is 6.67. The summed E-state index contributed by atoms with van der Waals surface area (Å²) in [5.74, 6) is -0.0160. The lowest BCUT2D eigenvalue weighted by Gasteiger charge is -2.16. The van der Waals surface area contributed by atoms with Gasteiger partial charge in [-0.3, -0.25) is 9.36 Å². The monoisotopic (exact) mass is 352 g/mol. The number of hydrogen-bond donors (Lipinski definition) is 2. The van der Waals surface area contributed by atoms with Crippen molar-refractivity contribution in [1.82, 2.24) is 0 Å². The van der Waals surface area contributed by atoms with Crippen molar-refractivity contribution in [2.75, 3.05) is 0 Å². The first-order valence-corrected chi connectivity index (χ1v) is 9.39. The average Bonchev–Trinajstić information content (AvgIpc) is 2.62. The Labute approximate surface area is 145 Å². The van der Waals surface area contributed by atoms with Crippen molar-refractivity contribution in [3.05, 3.63) is 83.9 Å². The molecule has 0 aliphatic rings. The summed E-state index contributed by atoms with van der Waals surface area (Å²) in [5, 5.41) is 10.1.